The van der Waals surface area contributed by atoms with Gasteiger partial charge in [0.25, 0.3) is 5.91 Å². The van der Waals surface area contributed by atoms with Gasteiger partial charge in [-0.3, -0.25) is 14.5 Å². The smallest absolute Gasteiger partial charge is 0.330 e. The Kier molecular flexibility index (Phi) is 5.71. The first kappa shape index (κ1) is 15.4. The van der Waals surface area contributed by atoms with Gasteiger partial charge in [-0.2, -0.15) is 0 Å². The van der Waals surface area contributed by atoms with Gasteiger partial charge in [0.15, 0.2) is 0 Å². The van der Waals surface area contributed by atoms with Crippen LogP contribution in [-0.2, 0) is 19.1 Å². The fourth-order valence-corrected chi connectivity index (χ4v) is 2.40. The normalized spacial score (nSPS) is 17.5. The number of esters is 1. The monoisotopic (exact) mass is 301 g/mol. The lowest BCUT2D eigenvalue weighted by Gasteiger charge is -2.09. The maximum Gasteiger partial charge on any atom is 0.330 e. The molecule has 0 aromatic heterocycles. The van der Waals surface area contributed by atoms with Gasteiger partial charge in [0.2, 0.25) is 0 Å². The second-order valence-electron chi connectivity index (χ2n) is 3.30. The summed E-state index contributed by atoms with van der Waals surface area (Å²) in [5.41, 5.74) is 0. The molecule has 1 aliphatic rings. The lowest BCUT2D eigenvalue weighted by atomic mass is 10.4. The van der Waals surface area contributed by atoms with E-state index in [9.17, 15) is 14.4 Å². The lowest BCUT2D eigenvalue weighted by molar-refractivity contribution is -0.140. The van der Waals surface area contributed by atoms with Crippen molar-refractivity contribution >= 4 is 46.1 Å². The largest absolute Gasteiger partial charge is 0.480 e. The Morgan fingerprint density at radius 3 is 2.79 bits per heavy atom. The van der Waals surface area contributed by atoms with E-state index in [1.807, 2.05) is 0 Å². The Morgan fingerprint density at radius 1 is 1.53 bits per heavy atom. The second-order valence-corrected chi connectivity index (χ2v) is 4.97. The molecule has 0 radical (unpaired) electrons. The van der Waals surface area contributed by atoms with Crippen molar-refractivity contribution in [2.24, 2.45) is 0 Å². The van der Waals surface area contributed by atoms with Crippen molar-refractivity contribution in [3.05, 3.63) is 23.1 Å². The number of aliphatic carboxylic acids is 1. The highest BCUT2D eigenvalue weighted by Crippen LogP contribution is 2.30. The number of nitrogens with zero attached hydrogens (tertiary/aromatic N) is 1. The van der Waals surface area contributed by atoms with Gasteiger partial charge in [0.05, 0.1) is 11.5 Å². The molecule has 1 fully saturated rings. The van der Waals surface area contributed by atoms with Crippen molar-refractivity contribution < 1.29 is 24.2 Å². The van der Waals surface area contributed by atoms with Crippen molar-refractivity contribution in [2.45, 2.75) is 6.92 Å². The molecule has 0 spiro atoms. The molecule has 0 aromatic rings. The number of rotatable bonds is 5. The number of allylic oxidation sites excluding steroid dienone is 2. The minimum absolute atomic E-state index is 0.184. The molecule has 1 amide bonds. The molecule has 19 heavy (non-hydrogen) atoms. The Hall–Kier alpha value is -1.67. The van der Waals surface area contributed by atoms with E-state index in [0.29, 0.717) is 0 Å². The molecular weight excluding hydrogens is 290 g/mol. The maximum atomic E-state index is 11.8. The van der Waals surface area contributed by atoms with Gasteiger partial charge in [0.1, 0.15) is 10.9 Å². The van der Waals surface area contributed by atoms with Crippen LogP contribution in [0.15, 0.2) is 23.1 Å². The van der Waals surface area contributed by atoms with E-state index in [-0.39, 0.29) is 15.8 Å². The van der Waals surface area contributed by atoms with E-state index in [0.717, 1.165) is 16.7 Å². The van der Waals surface area contributed by atoms with E-state index < -0.39 is 24.4 Å². The van der Waals surface area contributed by atoms with Crippen LogP contribution in [0.25, 0.3) is 0 Å². The highest BCUT2D eigenvalue weighted by Gasteiger charge is 2.32. The number of thiocarbonyl (C=S) groups is 1. The van der Waals surface area contributed by atoms with E-state index in [4.69, 9.17) is 17.3 Å². The topological polar surface area (TPSA) is 83.9 Å². The van der Waals surface area contributed by atoms with Crippen LogP contribution in [0, 0.1) is 0 Å². The third kappa shape index (κ3) is 4.49. The van der Waals surface area contributed by atoms with Gasteiger partial charge in [-0.1, -0.05) is 30.1 Å². The summed E-state index contributed by atoms with van der Waals surface area (Å²) in [6.07, 6.45) is 3.94. The number of carboxylic acid groups (broad SMARTS) is 1. The summed E-state index contributed by atoms with van der Waals surface area (Å²) in [5, 5.41) is 8.65. The van der Waals surface area contributed by atoms with Crippen molar-refractivity contribution in [1.29, 1.82) is 0 Å². The Balaban J connectivity index is 2.71. The summed E-state index contributed by atoms with van der Waals surface area (Å²) < 4.78 is 4.85. The van der Waals surface area contributed by atoms with Gasteiger partial charge < -0.3 is 9.84 Å². The first-order valence-electron chi connectivity index (χ1n) is 5.26. The molecule has 0 aliphatic carbocycles. The van der Waals surface area contributed by atoms with Crippen LogP contribution in [0.2, 0.25) is 0 Å². The highest BCUT2D eigenvalue weighted by atomic mass is 32.2. The van der Waals surface area contributed by atoms with Gasteiger partial charge >= 0.3 is 11.9 Å². The predicted octanol–water partition coefficient (Wildman–Crippen LogP) is 0.935. The minimum atomic E-state index is -1.14. The van der Waals surface area contributed by atoms with Gasteiger partial charge in [-0.15, -0.1) is 0 Å². The molecule has 1 heterocycles. The highest BCUT2D eigenvalue weighted by molar-refractivity contribution is 8.26. The standard InChI is InChI=1S/C11H11NO5S2/c1-2-17-9(15)5-3-4-7-10(16)12(6-8(13)14)11(18)19-7/h3-5H,2,6H2,1H3,(H,13,14)/b5-3+,7-4-. The summed E-state index contributed by atoms with van der Waals surface area (Å²) in [7, 11) is 0. The Labute approximate surface area is 119 Å². The van der Waals surface area contributed by atoms with Crippen LogP contribution in [0.5, 0.6) is 0 Å². The number of carbonyl (C=O) groups is 3. The van der Waals surface area contributed by atoms with Crippen molar-refractivity contribution in [1.82, 2.24) is 4.90 Å². The van der Waals surface area contributed by atoms with E-state index in [2.05, 4.69) is 4.74 Å². The summed E-state index contributed by atoms with van der Waals surface area (Å²) in [6, 6.07) is 0. The average molecular weight is 301 g/mol. The van der Waals surface area contributed by atoms with E-state index >= 15 is 0 Å². The minimum Gasteiger partial charge on any atom is -0.480 e. The zero-order chi connectivity index (χ0) is 14.4. The molecule has 6 nitrogen and oxygen atoms in total. The molecule has 0 bridgehead atoms. The lowest BCUT2D eigenvalue weighted by Crippen LogP contribution is -2.33. The molecule has 1 N–H and O–H groups in total. The van der Waals surface area contributed by atoms with E-state index in [1.54, 1.807) is 6.92 Å². The molecule has 1 rings (SSSR count). The number of carbonyl (C=O) groups excluding carboxylic acids is 2. The third-order valence-corrected chi connectivity index (χ3v) is 3.33. The molecule has 8 heteroatoms. The zero-order valence-corrected chi connectivity index (χ0v) is 11.6. The molecule has 1 aliphatic heterocycles. The van der Waals surface area contributed by atoms with Crippen molar-refractivity contribution in [2.75, 3.05) is 13.2 Å². The van der Waals surface area contributed by atoms with Crippen molar-refractivity contribution in [3.8, 4) is 0 Å². The molecule has 0 saturated carbocycles. The van der Waals surface area contributed by atoms with Crippen LogP contribution < -0.4 is 0 Å². The first-order chi connectivity index (χ1) is 8.95. The fourth-order valence-electron chi connectivity index (χ4n) is 1.19. The fraction of sp³-hybridized carbons (Fsp3) is 0.273. The average Bonchev–Trinajstić information content (AvgIpc) is 2.57. The Bertz CT molecular complexity index is 483. The third-order valence-electron chi connectivity index (χ3n) is 1.93. The number of hydrogen-bond acceptors (Lipinski definition) is 6. The summed E-state index contributed by atoms with van der Waals surface area (Å²) >= 11 is 5.90. The van der Waals surface area contributed by atoms with Gasteiger partial charge in [-0.25, -0.2) is 4.79 Å². The predicted molar refractivity (Wildman–Crippen MR) is 73.4 cm³/mol. The van der Waals surface area contributed by atoms with Crippen molar-refractivity contribution in [3.63, 3.8) is 0 Å². The molecule has 1 saturated heterocycles. The van der Waals surface area contributed by atoms with Crippen LogP contribution >= 0.6 is 24.0 Å². The number of hydrogen-bond donors (Lipinski definition) is 1. The Morgan fingerprint density at radius 2 is 2.21 bits per heavy atom. The summed E-state index contributed by atoms with van der Waals surface area (Å²) in [4.78, 5) is 34.7. The maximum absolute atomic E-state index is 11.8. The number of thioether (sulfide) groups is 1. The number of carboxylic acids is 1. The molecule has 0 atom stereocenters. The van der Waals surface area contributed by atoms with Gasteiger partial charge in [0, 0.05) is 6.08 Å². The van der Waals surface area contributed by atoms with Crippen LogP contribution in [0.3, 0.4) is 0 Å². The van der Waals surface area contributed by atoms with Crippen LogP contribution in [0.1, 0.15) is 6.92 Å². The second kappa shape index (κ2) is 7.05. The number of amides is 1. The quantitative estimate of drug-likeness (QED) is 0.459. The SMILES string of the molecule is CCOC(=O)/C=C/C=C1\SC(=S)N(CC(=O)O)C1=O. The van der Waals surface area contributed by atoms with Gasteiger partial charge in [-0.05, 0) is 13.0 Å². The molecule has 102 valence electrons. The summed E-state index contributed by atoms with van der Waals surface area (Å²) in [6.45, 7) is 1.48. The zero-order valence-electron chi connectivity index (χ0n) is 9.99. The first-order valence-corrected chi connectivity index (χ1v) is 6.48. The molecular formula is C11H11NO5S2. The van der Waals surface area contributed by atoms with E-state index in [1.165, 1.54) is 18.2 Å². The van der Waals surface area contributed by atoms with Crippen LogP contribution in [0.4, 0.5) is 0 Å². The molecule has 0 unspecified atom stereocenters. The summed E-state index contributed by atoms with van der Waals surface area (Å²) in [5.74, 6) is -2.13. The molecule has 0 aromatic carbocycles. The van der Waals surface area contributed by atoms with Crippen LogP contribution in [-0.4, -0.2) is 45.3 Å². The number of ether oxygens (including phenoxy) is 1.